The van der Waals surface area contributed by atoms with Gasteiger partial charge in [0.1, 0.15) is 5.75 Å². The summed E-state index contributed by atoms with van der Waals surface area (Å²) in [6.45, 7) is 5.80. The number of unbranched alkanes of at least 4 members (excludes halogenated alkanes) is 11. The molecule has 0 fully saturated rings. The van der Waals surface area contributed by atoms with Crippen molar-refractivity contribution >= 4 is 21.5 Å². The second kappa shape index (κ2) is 14.9. The molecule has 0 amide bonds. The minimum absolute atomic E-state index is 0.259. The van der Waals surface area contributed by atoms with Gasteiger partial charge in [0.25, 0.3) is 0 Å². The first-order valence-electron chi connectivity index (χ1n) is 13.6. The summed E-state index contributed by atoms with van der Waals surface area (Å²) in [5.74, 6) is 0.984. The lowest BCUT2D eigenvalue weighted by Gasteiger charge is -2.12. The van der Waals surface area contributed by atoms with Gasteiger partial charge in [-0.3, -0.25) is 0 Å². The van der Waals surface area contributed by atoms with Gasteiger partial charge in [0.15, 0.2) is 11.6 Å². The maximum Gasteiger partial charge on any atom is 0.172 e. The largest absolute Gasteiger partial charge is 0.494 e. The zero-order chi connectivity index (χ0) is 24.0. The fourth-order valence-corrected chi connectivity index (χ4v) is 4.58. The molecule has 0 spiro atoms. The quantitative estimate of drug-likeness (QED) is 0.145. The van der Waals surface area contributed by atoms with Crippen LogP contribution in [0.5, 0.6) is 11.5 Å². The second-order valence-corrected chi connectivity index (χ2v) is 9.51. The minimum Gasteiger partial charge on any atom is -0.494 e. The highest BCUT2D eigenvalue weighted by molar-refractivity contribution is 6.08. The standard InChI is InChI=1S/C31H43FO2/c1-3-5-7-9-11-13-15-23-34-30-21-20-28-27-19-17-26(33-22-14-12-10-8-6-4-2)24-25(27)16-18-29(28)31(30)32/h16-21,24H,3-15,22-23H2,1-2H3. The molecule has 34 heavy (non-hydrogen) atoms. The molecule has 0 atom stereocenters. The van der Waals surface area contributed by atoms with Crippen LogP contribution in [0.25, 0.3) is 21.5 Å². The highest BCUT2D eigenvalue weighted by atomic mass is 19.1. The van der Waals surface area contributed by atoms with E-state index in [0.717, 1.165) is 47.8 Å². The highest BCUT2D eigenvalue weighted by Crippen LogP contribution is 2.33. The van der Waals surface area contributed by atoms with Crippen LogP contribution in [0.2, 0.25) is 0 Å². The SMILES string of the molecule is CCCCCCCCCOc1ccc2c(ccc3cc(OCCCCCCCC)ccc32)c1F. The summed E-state index contributed by atoms with van der Waals surface area (Å²) < 4.78 is 26.9. The fraction of sp³-hybridized carbons (Fsp3) is 0.548. The normalized spacial score (nSPS) is 11.4. The predicted molar refractivity (Wildman–Crippen MR) is 144 cm³/mol. The van der Waals surface area contributed by atoms with Crippen LogP contribution < -0.4 is 9.47 Å². The molecule has 0 aliphatic heterocycles. The van der Waals surface area contributed by atoms with Gasteiger partial charge in [-0.05, 0) is 53.3 Å². The van der Waals surface area contributed by atoms with E-state index in [1.807, 2.05) is 30.3 Å². The zero-order valence-corrected chi connectivity index (χ0v) is 21.3. The smallest absolute Gasteiger partial charge is 0.172 e. The van der Waals surface area contributed by atoms with E-state index in [0.29, 0.717) is 17.7 Å². The molecular weight excluding hydrogens is 423 g/mol. The van der Waals surface area contributed by atoms with E-state index in [-0.39, 0.29) is 5.82 Å². The average molecular weight is 467 g/mol. The van der Waals surface area contributed by atoms with Crippen molar-refractivity contribution in [3.8, 4) is 11.5 Å². The van der Waals surface area contributed by atoms with E-state index in [1.54, 1.807) is 6.07 Å². The topological polar surface area (TPSA) is 18.5 Å². The first-order valence-corrected chi connectivity index (χ1v) is 13.6. The van der Waals surface area contributed by atoms with E-state index in [4.69, 9.17) is 9.47 Å². The number of benzene rings is 3. The Morgan fingerprint density at radius 3 is 1.79 bits per heavy atom. The third kappa shape index (κ3) is 7.89. The van der Waals surface area contributed by atoms with Crippen LogP contribution >= 0.6 is 0 Å². The van der Waals surface area contributed by atoms with Gasteiger partial charge in [0.05, 0.1) is 13.2 Å². The molecule has 186 valence electrons. The van der Waals surface area contributed by atoms with Gasteiger partial charge in [0, 0.05) is 5.39 Å². The molecule has 0 N–H and O–H groups in total. The van der Waals surface area contributed by atoms with E-state index >= 15 is 4.39 Å². The monoisotopic (exact) mass is 466 g/mol. The van der Waals surface area contributed by atoms with Gasteiger partial charge < -0.3 is 9.47 Å². The summed E-state index contributed by atoms with van der Waals surface area (Å²) in [5.41, 5.74) is 0. The molecule has 0 radical (unpaired) electrons. The van der Waals surface area contributed by atoms with Crippen LogP contribution in [0.4, 0.5) is 4.39 Å². The average Bonchev–Trinajstić information content (AvgIpc) is 2.86. The van der Waals surface area contributed by atoms with E-state index in [2.05, 4.69) is 19.9 Å². The Morgan fingerprint density at radius 2 is 1.12 bits per heavy atom. The Kier molecular flexibility index (Phi) is 11.5. The Labute approximate surface area is 205 Å². The molecule has 0 aliphatic rings. The second-order valence-electron chi connectivity index (χ2n) is 9.51. The van der Waals surface area contributed by atoms with Crippen molar-refractivity contribution in [2.45, 2.75) is 97.3 Å². The number of ether oxygens (including phenoxy) is 2. The van der Waals surface area contributed by atoms with E-state index in [1.165, 1.54) is 64.2 Å². The summed E-state index contributed by atoms with van der Waals surface area (Å²) in [5, 5.41) is 3.65. The summed E-state index contributed by atoms with van der Waals surface area (Å²) in [6.07, 6.45) is 16.1. The summed E-state index contributed by atoms with van der Waals surface area (Å²) in [7, 11) is 0. The van der Waals surface area contributed by atoms with E-state index < -0.39 is 0 Å². The number of hydrogen-bond donors (Lipinski definition) is 0. The molecular formula is C31H43FO2. The molecule has 0 aromatic heterocycles. The van der Waals surface area contributed by atoms with Crippen molar-refractivity contribution in [3.05, 3.63) is 48.3 Å². The summed E-state index contributed by atoms with van der Waals surface area (Å²) in [6, 6.07) is 13.7. The molecule has 0 saturated heterocycles. The van der Waals surface area contributed by atoms with Crippen LogP contribution in [0.15, 0.2) is 42.5 Å². The van der Waals surface area contributed by atoms with Crippen LogP contribution in [-0.2, 0) is 0 Å². The number of halogens is 1. The number of rotatable bonds is 17. The van der Waals surface area contributed by atoms with Crippen LogP contribution in [-0.4, -0.2) is 13.2 Å². The van der Waals surface area contributed by atoms with Crippen molar-refractivity contribution in [2.75, 3.05) is 13.2 Å². The lowest BCUT2D eigenvalue weighted by Crippen LogP contribution is -2.00. The maximum atomic E-state index is 15.2. The molecule has 0 saturated carbocycles. The molecule has 0 heterocycles. The zero-order valence-electron chi connectivity index (χ0n) is 21.3. The van der Waals surface area contributed by atoms with Gasteiger partial charge in [-0.25, -0.2) is 4.39 Å². The van der Waals surface area contributed by atoms with Gasteiger partial charge in [-0.1, -0.05) is 103 Å². The molecule has 0 aliphatic carbocycles. The third-order valence-electron chi connectivity index (χ3n) is 6.66. The van der Waals surface area contributed by atoms with Crippen molar-refractivity contribution in [3.63, 3.8) is 0 Å². The van der Waals surface area contributed by atoms with Gasteiger partial charge in [-0.2, -0.15) is 0 Å². The first-order chi connectivity index (χ1) is 16.7. The van der Waals surface area contributed by atoms with Gasteiger partial charge in [0.2, 0.25) is 0 Å². The third-order valence-corrected chi connectivity index (χ3v) is 6.66. The fourth-order valence-electron chi connectivity index (χ4n) is 4.58. The molecule has 3 aromatic carbocycles. The summed E-state index contributed by atoms with van der Waals surface area (Å²) in [4.78, 5) is 0. The van der Waals surface area contributed by atoms with Gasteiger partial charge in [-0.15, -0.1) is 0 Å². The number of hydrogen-bond acceptors (Lipinski definition) is 2. The Morgan fingerprint density at radius 1 is 0.559 bits per heavy atom. The lowest BCUT2D eigenvalue weighted by molar-refractivity contribution is 0.291. The Hall–Kier alpha value is -2.29. The molecule has 2 nitrogen and oxygen atoms in total. The van der Waals surface area contributed by atoms with Crippen molar-refractivity contribution < 1.29 is 13.9 Å². The number of fused-ring (bicyclic) bond motifs is 3. The van der Waals surface area contributed by atoms with Crippen molar-refractivity contribution in [1.29, 1.82) is 0 Å². The van der Waals surface area contributed by atoms with Crippen LogP contribution in [0.3, 0.4) is 0 Å². The van der Waals surface area contributed by atoms with E-state index in [9.17, 15) is 0 Å². The van der Waals surface area contributed by atoms with Crippen LogP contribution in [0, 0.1) is 5.82 Å². The first kappa shape index (κ1) is 26.3. The molecule has 3 aromatic rings. The Balaban J connectivity index is 1.54. The molecule has 3 heteroatoms. The molecule has 3 rings (SSSR count). The predicted octanol–water partition coefficient (Wildman–Crippen LogP) is 10.0. The Bertz CT molecular complexity index is 998. The summed E-state index contributed by atoms with van der Waals surface area (Å²) >= 11 is 0. The van der Waals surface area contributed by atoms with Crippen molar-refractivity contribution in [1.82, 2.24) is 0 Å². The molecule has 0 unspecified atom stereocenters. The maximum absolute atomic E-state index is 15.2. The highest BCUT2D eigenvalue weighted by Gasteiger charge is 2.11. The van der Waals surface area contributed by atoms with Gasteiger partial charge >= 0.3 is 0 Å². The molecule has 0 bridgehead atoms. The lowest BCUT2D eigenvalue weighted by atomic mass is 10.0. The minimum atomic E-state index is -0.259. The van der Waals surface area contributed by atoms with Crippen LogP contribution in [0.1, 0.15) is 97.3 Å². The van der Waals surface area contributed by atoms with Crippen molar-refractivity contribution in [2.24, 2.45) is 0 Å².